The third-order valence-corrected chi connectivity index (χ3v) is 5.02. The second kappa shape index (κ2) is 17.2. The molecule has 2 aromatic rings. The number of rotatable bonds is 4. The Morgan fingerprint density at radius 1 is 0.912 bits per heavy atom. The summed E-state index contributed by atoms with van der Waals surface area (Å²) >= 11 is 0. The van der Waals surface area contributed by atoms with Gasteiger partial charge in [-0.05, 0) is 57.4 Å². The third-order valence-electron chi connectivity index (χ3n) is 5.02. The van der Waals surface area contributed by atoms with E-state index in [0.29, 0.717) is 11.6 Å². The number of nitrogens with one attached hydrogen (secondary N) is 2. The summed E-state index contributed by atoms with van der Waals surface area (Å²) in [4.78, 5) is 8.00. The van der Waals surface area contributed by atoms with E-state index in [0.717, 1.165) is 42.9 Å². The first-order valence-electron chi connectivity index (χ1n) is 11.4. The van der Waals surface area contributed by atoms with Crippen LogP contribution in [0.4, 0.5) is 22.0 Å². The molecule has 1 aliphatic carbocycles. The van der Waals surface area contributed by atoms with Gasteiger partial charge in [0.25, 0.3) is 0 Å². The Kier molecular flexibility index (Phi) is 16.0. The smallest absolute Gasteiger partial charge is 0.317 e. The van der Waals surface area contributed by atoms with Crippen LogP contribution in [0.15, 0.2) is 42.5 Å². The lowest BCUT2D eigenvalue weighted by atomic mass is 9.91. The molecule has 1 fully saturated rings. The highest BCUT2D eigenvalue weighted by molar-refractivity contribution is 5.64. The fourth-order valence-corrected chi connectivity index (χ4v) is 3.30. The summed E-state index contributed by atoms with van der Waals surface area (Å²) in [7, 11) is 1.90. The molecule has 0 aromatic heterocycles. The number of carbonyl (C=O) groups is 1. The minimum absolute atomic E-state index is 0.0428. The Morgan fingerprint density at radius 2 is 1.41 bits per heavy atom. The van der Waals surface area contributed by atoms with Crippen molar-refractivity contribution in [2.24, 2.45) is 0 Å². The van der Waals surface area contributed by atoms with Gasteiger partial charge in [0.2, 0.25) is 0 Å². The molecule has 0 atom stereocenters. The van der Waals surface area contributed by atoms with Crippen LogP contribution >= 0.6 is 0 Å². The molecular formula is C26H37F5N2O. The van der Waals surface area contributed by atoms with Crippen molar-refractivity contribution in [1.82, 2.24) is 10.6 Å². The molecule has 1 saturated carbocycles. The second-order valence-electron chi connectivity index (χ2n) is 8.03. The third kappa shape index (κ3) is 13.4. The number of benzene rings is 2. The number of hydrogen-bond acceptors (Lipinski definition) is 3. The molecule has 2 aromatic carbocycles. The molecule has 0 amide bonds. The van der Waals surface area contributed by atoms with Gasteiger partial charge >= 0.3 is 6.18 Å². The van der Waals surface area contributed by atoms with Crippen molar-refractivity contribution in [2.75, 3.05) is 13.6 Å². The van der Waals surface area contributed by atoms with Gasteiger partial charge < -0.3 is 15.4 Å². The largest absolute Gasteiger partial charge is 0.401 e. The molecule has 0 radical (unpaired) electrons. The molecule has 2 N–H and O–H groups in total. The molecule has 34 heavy (non-hydrogen) atoms. The summed E-state index contributed by atoms with van der Waals surface area (Å²) < 4.78 is 61.7. The molecule has 0 unspecified atom stereocenters. The molecule has 0 bridgehead atoms. The van der Waals surface area contributed by atoms with Gasteiger partial charge in [0.05, 0.1) is 6.54 Å². The minimum Gasteiger partial charge on any atom is -0.317 e. The predicted molar refractivity (Wildman–Crippen MR) is 129 cm³/mol. The lowest BCUT2D eigenvalue weighted by Crippen LogP contribution is -2.42. The van der Waals surface area contributed by atoms with E-state index in [2.05, 4.69) is 24.5 Å². The summed E-state index contributed by atoms with van der Waals surface area (Å²) in [5, 5.41) is 5.70. The Hall–Kier alpha value is -2.32. The molecule has 1 aliphatic rings. The maximum atomic E-state index is 13.4. The van der Waals surface area contributed by atoms with E-state index in [1.807, 2.05) is 45.0 Å². The topological polar surface area (TPSA) is 41.1 Å². The van der Waals surface area contributed by atoms with Gasteiger partial charge in [0.15, 0.2) is 0 Å². The SMILES string of the molecule is C=O.CCC.CNC1CCC(NCC(F)(F)F)CC1.Cc1ccc(-c2ccc(F)cc2F)cc1. The van der Waals surface area contributed by atoms with Crippen LogP contribution in [0.1, 0.15) is 51.5 Å². The zero-order valence-corrected chi connectivity index (χ0v) is 20.4. The van der Waals surface area contributed by atoms with Crippen LogP contribution in [0.25, 0.3) is 11.1 Å². The highest BCUT2D eigenvalue weighted by Crippen LogP contribution is 2.23. The average molecular weight is 489 g/mol. The van der Waals surface area contributed by atoms with E-state index in [1.165, 1.54) is 18.6 Å². The summed E-state index contributed by atoms with van der Waals surface area (Å²) in [6, 6.07) is 11.6. The van der Waals surface area contributed by atoms with Crippen LogP contribution in [0.2, 0.25) is 0 Å². The molecule has 192 valence electrons. The maximum Gasteiger partial charge on any atom is 0.401 e. The maximum absolute atomic E-state index is 13.4. The van der Waals surface area contributed by atoms with E-state index < -0.39 is 24.4 Å². The predicted octanol–water partition coefficient (Wildman–Crippen LogP) is 6.84. The summed E-state index contributed by atoms with van der Waals surface area (Å²) in [6.07, 6.45) is 0.765. The molecule has 3 rings (SSSR count). The standard InChI is InChI=1S/C13H10F2.C9H17F3N2.C3H8.CH2O/c1-9-2-4-10(5-3-9)12-7-6-11(14)8-13(12)15;1-13-7-2-4-8(5-3-7)14-6-9(10,11)12;1-3-2;1-2/h2-8H,1H3;7-8,13-14H,2-6H2,1H3;3H2,1-2H3;1H2. The van der Waals surface area contributed by atoms with Gasteiger partial charge in [-0.25, -0.2) is 8.78 Å². The van der Waals surface area contributed by atoms with Gasteiger partial charge in [-0.15, -0.1) is 0 Å². The lowest BCUT2D eigenvalue weighted by Gasteiger charge is -2.29. The Labute approximate surface area is 200 Å². The van der Waals surface area contributed by atoms with Crippen molar-refractivity contribution in [3.05, 3.63) is 59.7 Å². The number of alkyl halides is 3. The summed E-state index contributed by atoms with van der Waals surface area (Å²) in [6.45, 7) is 7.35. The monoisotopic (exact) mass is 488 g/mol. The molecule has 0 spiro atoms. The zero-order valence-electron chi connectivity index (χ0n) is 20.4. The number of hydrogen-bond donors (Lipinski definition) is 2. The molecule has 8 heteroatoms. The second-order valence-corrected chi connectivity index (χ2v) is 8.03. The first-order chi connectivity index (χ1) is 16.1. The van der Waals surface area contributed by atoms with E-state index in [4.69, 9.17) is 4.79 Å². The van der Waals surface area contributed by atoms with Crippen molar-refractivity contribution in [3.63, 3.8) is 0 Å². The van der Waals surface area contributed by atoms with E-state index in [1.54, 1.807) is 0 Å². The van der Waals surface area contributed by atoms with Crippen LogP contribution in [0.3, 0.4) is 0 Å². The van der Waals surface area contributed by atoms with Crippen molar-refractivity contribution in [3.8, 4) is 11.1 Å². The molecule has 0 heterocycles. The molecular weight excluding hydrogens is 451 g/mol. The van der Waals surface area contributed by atoms with E-state index in [9.17, 15) is 22.0 Å². The first kappa shape index (κ1) is 31.7. The Morgan fingerprint density at radius 3 is 1.85 bits per heavy atom. The van der Waals surface area contributed by atoms with Gasteiger partial charge in [0.1, 0.15) is 18.4 Å². The first-order valence-corrected chi connectivity index (χ1v) is 11.4. The van der Waals surface area contributed by atoms with Crippen molar-refractivity contribution in [1.29, 1.82) is 0 Å². The normalized spacial score (nSPS) is 17.2. The Bertz CT molecular complexity index is 789. The van der Waals surface area contributed by atoms with Crippen LogP contribution in [0, 0.1) is 18.6 Å². The van der Waals surface area contributed by atoms with Crippen LogP contribution in [-0.2, 0) is 4.79 Å². The van der Waals surface area contributed by atoms with Gasteiger partial charge in [-0.2, -0.15) is 13.2 Å². The van der Waals surface area contributed by atoms with Gasteiger partial charge in [-0.3, -0.25) is 0 Å². The van der Waals surface area contributed by atoms with Crippen LogP contribution in [0.5, 0.6) is 0 Å². The molecule has 3 nitrogen and oxygen atoms in total. The lowest BCUT2D eigenvalue weighted by molar-refractivity contribution is -0.126. The fraction of sp³-hybridized carbons (Fsp3) is 0.500. The van der Waals surface area contributed by atoms with E-state index >= 15 is 0 Å². The van der Waals surface area contributed by atoms with Crippen molar-refractivity contribution >= 4 is 6.79 Å². The number of carbonyl (C=O) groups excluding carboxylic acids is 1. The average Bonchev–Trinajstić information content (AvgIpc) is 2.81. The summed E-state index contributed by atoms with van der Waals surface area (Å²) in [5.74, 6) is -1.08. The Balaban J connectivity index is 0.000000540. The van der Waals surface area contributed by atoms with Gasteiger partial charge in [-0.1, -0.05) is 50.1 Å². The quantitative estimate of drug-likeness (QED) is 0.463. The summed E-state index contributed by atoms with van der Waals surface area (Å²) in [5.41, 5.74) is 2.30. The number of aryl methyl sites for hydroxylation is 1. The highest BCUT2D eigenvalue weighted by atomic mass is 19.4. The van der Waals surface area contributed by atoms with Crippen molar-refractivity contribution in [2.45, 2.75) is 71.1 Å². The fourth-order valence-electron chi connectivity index (χ4n) is 3.30. The molecule has 0 saturated heterocycles. The van der Waals surface area contributed by atoms with E-state index in [-0.39, 0.29) is 6.04 Å². The van der Waals surface area contributed by atoms with Crippen LogP contribution in [-0.4, -0.2) is 38.6 Å². The zero-order chi connectivity index (χ0) is 26.1. The van der Waals surface area contributed by atoms with Gasteiger partial charge in [0, 0.05) is 23.7 Å². The molecule has 0 aliphatic heterocycles. The highest BCUT2D eigenvalue weighted by Gasteiger charge is 2.29. The minimum atomic E-state index is -4.08. The van der Waals surface area contributed by atoms with Crippen LogP contribution < -0.4 is 10.6 Å². The number of halogens is 5. The van der Waals surface area contributed by atoms with Crippen molar-refractivity contribution < 1.29 is 26.7 Å².